The minimum Gasteiger partial charge on any atom is -0.455 e. The molecule has 0 aliphatic carbocycles. The molecule has 2 aromatic heterocycles. The van der Waals surface area contributed by atoms with Crippen LogP contribution in [0.15, 0.2) is 8.89 Å². The minimum absolute atomic E-state index is 0.138. The minimum atomic E-state index is 0.138. The molecule has 2 heterocycles. The average molecular weight is 262 g/mol. The van der Waals surface area contributed by atoms with E-state index in [-0.39, 0.29) is 11.1 Å². The molecule has 2 rings (SSSR count). The first-order valence-corrected chi connectivity index (χ1v) is 4.64. The Labute approximate surface area is 87.2 Å². The summed E-state index contributed by atoms with van der Waals surface area (Å²) < 4.78 is 6.09. The summed E-state index contributed by atoms with van der Waals surface area (Å²) in [6.45, 7) is 1.80. The lowest BCUT2D eigenvalue weighted by atomic mass is 10.4. The van der Waals surface area contributed by atoms with Gasteiger partial charge in [0.2, 0.25) is 5.95 Å². The molecule has 4 nitrogen and oxygen atoms in total. The number of nitrogen functional groups attached to an aromatic ring is 1. The van der Waals surface area contributed by atoms with Crippen molar-refractivity contribution in [2.45, 2.75) is 6.92 Å². The number of halogens is 2. The summed E-state index contributed by atoms with van der Waals surface area (Å²) in [7, 11) is 0. The van der Waals surface area contributed by atoms with Crippen molar-refractivity contribution in [2.75, 3.05) is 5.73 Å². The third kappa shape index (κ3) is 1.28. The fourth-order valence-corrected chi connectivity index (χ4v) is 1.61. The van der Waals surface area contributed by atoms with E-state index >= 15 is 0 Å². The third-order valence-corrected chi connectivity index (χ3v) is 2.80. The normalized spacial score (nSPS) is 11.0. The zero-order chi connectivity index (χ0) is 9.59. The number of fused-ring (bicyclic) bond motifs is 1. The average Bonchev–Trinajstić information content (AvgIpc) is 2.32. The molecular weight excluding hydrogens is 257 g/mol. The summed E-state index contributed by atoms with van der Waals surface area (Å²) in [6.07, 6.45) is 0. The van der Waals surface area contributed by atoms with Gasteiger partial charge in [0.05, 0.1) is 4.47 Å². The van der Waals surface area contributed by atoms with Crippen molar-refractivity contribution in [1.82, 2.24) is 9.97 Å². The lowest BCUT2D eigenvalue weighted by Gasteiger charge is -1.93. The molecule has 2 aromatic rings. The molecule has 68 valence electrons. The van der Waals surface area contributed by atoms with E-state index in [0.29, 0.717) is 16.9 Å². The number of aryl methyl sites for hydroxylation is 1. The summed E-state index contributed by atoms with van der Waals surface area (Å²) in [5.41, 5.74) is 6.50. The quantitative estimate of drug-likeness (QED) is 0.741. The van der Waals surface area contributed by atoms with E-state index in [4.69, 9.17) is 21.8 Å². The predicted molar refractivity (Wildman–Crippen MR) is 53.7 cm³/mol. The van der Waals surface area contributed by atoms with E-state index in [1.54, 1.807) is 6.92 Å². The molecule has 0 radical (unpaired) electrons. The Balaban J connectivity index is 2.94. The summed E-state index contributed by atoms with van der Waals surface area (Å²) in [6, 6.07) is 0. The molecule has 0 aliphatic rings. The van der Waals surface area contributed by atoms with Gasteiger partial charge in [-0.3, -0.25) is 0 Å². The first-order valence-electron chi connectivity index (χ1n) is 3.47. The first-order chi connectivity index (χ1) is 6.09. The Morgan fingerprint density at radius 2 is 2.15 bits per heavy atom. The largest absolute Gasteiger partial charge is 0.455 e. The van der Waals surface area contributed by atoms with Gasteiger partial charge < -0.3 is 10.2 Å². The molecule has 0 atom stereocenters. The van der Waals surface area contributed by atoms with Crippen LogP contribution in [0.4, 0.5) is 5.95 Å². The van der Waals surface area contributed by atoms with Gasteiger partial charge in [0, 0.05) is 0 Å². The fraction of sp³-hybridized carbons (Fsp3) is 0.143. The van der Waals surface area contributed by atoms with Crippen LogP contribution in [-0.4, -0.2) is 9.97 Å². The number of nitrogens with zero attached hydrogens (tertiary/aromatic N) is 2. The maximum Gasteiger partial charge on any atom is 0.222 e. The zero-order valence-corrected chi connectivity index (χ0v) is 8.98. The number of anilines is 1. The van der Waals surface area contributed by atoms with Crippen LogP contribution in [-0.2, 0) is 0 Å². The molecule has 0 fully saturated rings. The van der Waals surface area contributed by atoms with Gasteiger partial charge in [0.1, 0.15) is 11.3 Å². The second-order valence-electron chi connectivity index (χ2n) is 2.52. The number of rotatable bonds is 0. The fourth-order valence-electron chi connectivity index (χ4n) is 1.04. The third-order valence-electron chi connectivity index (χ3n) is 1.61. The molecule has 0 aromatic carbocycles. The van der Waals surface area contributed by atoms with E-state index < -0.39 is 0 Å². The van der Waals surface area contributed by atoms with Gasteiger partial charge in [-0.1, -0.05) is 11.6 Å². The Morgan fingerprint density at radius 1 is 1.46 bits per heavy atom. The summed E-state index contributed by atoms with van der Waals surface area (Å²) in [5, 5.41) is 0.233. The highest BCUT2D eigenvalue weighted by Gasteiger charge is 2.14. The highest BCUT2D eigenvalue weighted by molar-refractivity contribution is 9.10. The van der Waals surface area contributed by atoms with Crippen LogP contribution >= 0.6 is 27.5 Å². The van der Waals surface area contributed by atoms with Crippen molar-refractivity contribution in [1.29, 1.82) is 0 Å². The Kier molecular flexibility index (Phi) is 1.92. The molecule has 0 aliphatic heterocycles. The molecule has 13 heavy (non-hydrogen) atoms. The Bertz CT molecular complexity index is 482. The van der Waals surface area contributed by atoms with Crippen LogP contribution in [0, 0.1) is 6.92 Å². The molecule has 0 saturated heterocycles. The van der Waals surface area contributed by atoms with Crippen molar-refractivity contribution < 1.29 is 4.42 Å². The van der Waals surface area contributed by atoms with Gasteiger partial charge in [-0.2, -0.15) is 4.98 Å². The van der Waals surface area contributed by atoms with E-state index in [1.807, 2.05) is 0 Å². The maximum atomic E-state index is 5.80. The Hall–Kier alpha value is -0.810. The van der Waals surface area contributed by atoms with Crippen LogP contribution in [0.2, 0.25) is 5.15 Å². The van der Waals surface area contributed by atoms with Gasteiger partial charge in [0.15, 0.2) is 10.7 Å². The highest BCUT2D eigenvalue weighted by atomic mass is 79.9. The summed E-state index contributed by atoms with van der Waals surface area (Å²) >= 11 is 9.12. The monoisotopic (exact) mass is 261 g/mol. The van der Waals surface area contributed by atoms with Crippen LogP contribution < -0.4 is 5.73 Å². The maximum absolute atomic E-state index is 5.80. The lowest BCUT2D eigenvalue weighted by Crippen LogP contribution is -1.94. The van der Waals surface area contributed by atoms with Crippen LogP contribution in [0.1, 0.15) is 5.76 Å². The number of hydrogen-bond donors (Lipinski definition) is 1. The number of hydrogen-bond acceptors (Lipinski definition) is 4. The van der Waals surface area contributed by atoms with Crippen molar-refractivity contribution >= 4 is 44.6 Å². The van der Waals surface area contributed by atoms with Crippen LogP contribution in [0.25, 0.3) is 11.1 Å². The molecule has 0 saturated carbocycles. The second-order valence-corrected chi connectivity index (χ2v) is 3.67. The van der Waals surface area contributed by atoms with E-state index in [0.717, 1.165) is 4.47 Å². The van der Waals surface area contributed by atoms with Crippen molar-refractivity contribution in [2.24, 2.45) is 0 Å². The highest BCUT2D eigenvalue weighted by Crippen LogP contribution is 2.32. The first kappa shape index (κ1) is 8.77. The van der Waals surface area contributed by atoms with E-state index in [1.165, 1.54) is 0 Å². The molecule has 0 bridgehead atoms. The molecule has 0 amide bonds. The van der Waals surface area contributed by atoms with Gasteiger partial charge in [-0.15, -0.1) is 0 Å². The van der Waals surface area contributed by atoms with Gasteiger partial charge in [-0.05, 0) is 22.9 Å². The van der Waals surface area contributed by atoms with E-state index in [2.05, 4.69) is 25.9 Å². The lowest BCUT2D eigenvalue weighted by molar-refractivity contribution is 0.574. The predicted octanol–water partition coefficient (Wildman–Crippen LogP) is 2.53. The van der Waals surface area contributed by atoms with Crippen molar-refractivity contribution in [3.63, 3.8) is 0 Å². The number of furan rings is 1. The molecule has 0 unspecified atom stereocenters. The molecule has 6 heteroatoms. The van der Waals surface area contributed by atoms with Gasteiger partial charge >= 0.3 is 0 Å². The second kappa shape index (κ2) is 2.85. The van der Waals surface area contributed by atoms with Crippen LogP contribution in [0.5, 0.6) is 0 Å². The molecule has 0 spiro atoms. The number of nitrogens with two attached hydrogens (primary N) is 1. The smallest absolute Gasteiger partial charge is 0.222 e. The molecule has 2 N–H and O–H groups in total. The topological polar surface area (TPSA) is 64.9 Å². The van der Waals surface area contributed by atoms with E-state index in [9.17, 15) is 0 Å². The summed E-state index contributed by atoms with van der Waals surface area (Å²) in [5.74, 6) is 0.843. The van der Waals surface area contributed by atoms with Crippen molar-refractivity contribution in [3.05, 3.63) is 15.4 Å². The number of aromatic nitrogens is 2. The van der Waals surface area contributed by atoms with Crippen molar-refractivity contribution in [3.8, 4) is 0 Å². The zero-order valence-electron chi connectivity index (χ0n) is 6.64. The molecular formula is C7H5BrClN3O. The summed E-state index contributed by atoms with van der Waals surface area (Å²) in [4.78, 5) is 7.77. The standard InChI is InChI=1S/C7H5BrClN3O/c1-2-3(8)4-5(13-2)6(9)12-7(10)11-4/h1H3,(H2,10,11,12). The van der Waals surface area contributed by atoms with Gasteiger partial charge in [-0.25, -0.2) is 4.98 Å². The van der Waals surface area contributed by atoms with Crippen LogP contribution in [0.3, 0.4) is 0 Å². The Morgan fingerprint density at radius 3 is 2.85 bits per heavy atom. The SMILES string of the molecule is Cc1oc2c(Cl)nc(N)nc2c1Br. The van der Waals surface area contributed by atoms with Gasteiger partial charge in [0.25, 0.3) is 0 Å².